The van der Waals surface area contributed by atoms with E-state index in [0.29, 0.717) is 47.0 Å². The number of carbonyl (C=O) groups excluding carboxylic acids is 1. The molecule has 1 aliphatic rings. The van der Waals surface area contributed by atoms with Crippen molar-refractivity contribution in [3.63, 3.8) is 0 Å². The summed E-state index contributed by atoms with van der Waals surface area (Å²) in [5.41, 5.74) is 2.48. The Kier molecular flexibility index (Phi) is 4.81. The Hall–Kier alpha value is -3.23. The number of nitrogens with one attached hydrogen (secondary N) is 1. The first kappa shape index (κ1) is 19.1. The molecule has 0 radical (unpaired) electrons. The Morgan fingerprint density at radius 2 is 2.00 bits per heavy atom. The average molecular weight is 396 g/mol. The van der Waals surface area contributed by atoms with E-state index in [4.69, 9.17) is 4.52 Å². The van der Waals surface area contributed by atoms with E-state index in [9.17, 15) is 9.59 Å². The summed E-state index contributed by atoms with van der Waals surface area (Å²) in [6.45, 7) is 4.75. The molecule has 0 saturated carbocycles. The lowest BCUT2D eigenvalue weighted by Crippen LogP contribution is -2.38. The summed E-state index contributed by atoms with van der Waals surface area (Å²) in [6, 6.07) is 1.93. The number of aromatic nitrogens is 4. The number of aryl methyl sites for hydroxylation is 2. The van der Waals surface area contributed by atoms with Gasteiger partial charge in [-0.3, -0.25) is 9.59 Å². The van der Waals surface area contributed by atoms with Gasteiger partial charge in [0.2, 0.25) is 5.95 Å². The van der Waals surface area contributed by atoms with Crippen molar-refractivity contribution in [2.45, 2.75) is 32.6 Å². The second kappa shape index (κ2) is 7.31. The highest BCUT2D eigenvalue weighted by Gasteiger charge is 2.28. The first-order chi connectivity index (χ1) is 13.8. The molecule has 1 amide bonds. The van der Waals surface area contributed by atoms with Crippen LogP contribution in [0.1, 0.15) is 46.3 Å². The van der Waals surface area contributed by atoms with Crippen LogP contribution in [-0.4, -0.2) is 58.1 Å². The number of carbonyl (C=O) groups is 1. The van der Waals surface area contributed by atoms with E-state index in [0.717, 1.165) is 18.5 Å². The fourth-order valence-electron chi connectivity index (χ4n) is 3.83. The molecule has 29 heavy (non-hydrogen) atoms. The molecule has 1 N–H and O–H groups in total. The minimum atomic E-state index is -0.183. The summed E-state index contributed by atoms with van der Waals surface area (Å²) < 4.78 is 5.13. The van der Waals surface area contributed by atoms with Crippen molar-refractivity contribution in [3.8, 4) is 0 Å². The molecule has 0 spiro atoms. The molecule has 1 saturated heterocycles. The zero-order chi connectivity index (χ0) is 20.7. The normalized spacial score (nSPS) is 15.1. The standard InChI is InChI=1S/C20H24N6O3/c1-11-17(12(2)29-24-11)19(28)26-7-5-13(6-8-26)15-9-16-14(18(27)22-15)10-21-20(23-16)25(3)4/h9-10,13H,5-8H2,1-4H3,(H,22,27). The van der Waals surface area contributed by atoms with Gasteiger partial charge in [0.05, 0.1) is 16.6 Å². The lowest BCUT2D eigenvalue weighted by molar-refractivity contribution is 0.0709. The summed E-state index contributed by atoms with van der Waals surface area (Å²) in [5.74, 6) is 1.23. The Morgan fingerprint density at radius 3 is 2.62 bits per heavy atom. The van der Waals surface area contributed by atoms with Gasteiger partial charge in [-0.15, -0.1) is 0 Å². The maximum atomic E-state index is 12.8. The number of rotatable bonds is 3. The number of pyridine rings is 1. The van der Waals surface area contributed by atoms with Crippen LogP contribution in [0, 0.1) is 13.8 Å². The first-order valence-corrected chi connectivity index (χ1v) is 9.64. The molecule has 9 heteroatoms. The van der Waals surface area contributed by atoms with Gasteiger partial charge in [0.15, 0.2) is 0 Å². The maximum absolute atomic E-state index is 12.8. The van der Waals surface area contributed by atoms with E-state index >= 15 is 0 Å². The lowest BCUT2D eigenvalue weighted by atomic mass is 9.92. The summed E-state index contributed by atoms with van der Waals surface area (Å²) in [4.78, 5) is 40.6. The van der Waals surface area contributed by atoms with Crippen LogP contribution in [0.3, 0.4) is 0 Å². The van der Waals surface area contributed by atoms with Gasteiger partial charge in [-0.05, 0) is 32.8 Å². The molecule has 9 nitrogen and oxygen atoms in total. The predicted molar refractivity (Wildman–Crippen MR) is 108 cm³/mol. The van der Waals surface area contributed by atoms with Crippen LogP contribution in [0.25, 0.3) is 10.9 Å². The molecular formula is C20H24N6O3. The number of likely N-dealkylation sites (tertiary alicyclic amines) is 1. The molecule has 0 unspecified atom stereocenters. The number of anilines is 1. The summed E-state index contributed by atoms with van der Waals surface area (Å²) in [6.07, 6.45) is 3.09. The van der Waals surface area contributed by atoms with Gasteiger partial charge >= 0.3 is 0 Å². The molecule has 1 fully saturated rings. The molecule has 3 aromatic heterocycles. The highest BCUT2D eigenvalue weighted by atomic mass is 16.5. The molecule has 4 heterocycles. The zero-order valence-corrected chi connectivity index (χ0v) is 17.0. The summed E-state index contributed by atoms with van der Waals surface area (Å²) >= 11 is 0. The van der Waals surface area contributed by atoms with Crippen LogP contribution in [0.2, 0.25) is 0 Å². The molecule has 0 aromatic carbocycles. The molecule has 152 valence electrons. The smallest absolute Gasteiger partial charge is 0.259 e. The van der Waals surface area contributed by atoms with Gasteiger partial charge < -0.3 is 19.3 Å². The highest BCUT2D eigenvalue weighted by Crippen LogP contribution is 2.29. The fraction of sp³-hybridized carbons (Fsp3) is 0.450. The SMILES string of the molecule is Cc1noc(C)c1C(=O)N1CCC(c2cc3nc(N(C)C)ncc3c(=O)[nH]2)CC1. The van der Waals surface area contributed by atoms with Crippen LogP contribution in [0.5, 0.6) is 0 Å². The summed E-state index contributed by atoms with van der Waals surface area (Å²) in [7, 11) is 3.72. The van der Waals surface area contributed by atoms with E-state index in [1.807, 2.05) is 25.1 Å². The van der Waals surface area contributed by atoms with Crippen molar-refractivity contribution in [2.75, 3.05) is 32.1 Å². The number of hydrogen-bond acceptors (Lipinski definition) is 7. The third kappa shape index (κ3) is 3.48. The Morgan fingerprint density at radius 1 is 1.28 bits per heavy atom. The van der Waals surface area contributed by atoms with Crippen molar-refractivity contribution in [3.05, 3.63) is 45.3 Å². The van der Waals surface area contributed by atoms with Crippen LogP contribution in [-0.2, 0) is 0 Å². The van der Waals surface area contributed by atoms with Gasteiger partial charge in [-0.25, -0.2) is 9.97 Å². The van der Waals surface area contributed by atoms with E-state index in [1.54, 1.807) is 24.9 Å². The number of fused-ring (bicyclic) bond motifs is 1. The van der Waals surface area contributed by atoms with Gasteiger partial charge in [0.25, 0.3) is 11.5 Å². The van der Waals surface area contributed by atoms with Crippen molar-refractivity contribution in [1.29, 1.82) is 0 Å². The molecule has 4 rings (SSSR count). The topological polar surface area (TPSA) is 108 Å². The largest absolute Gasteiger partial charge is 0.361 e. The molecule has 1 aliphatic heterocycles. The minimum Gasteiger partial charge on any atom is -0.361 e. The minimum absolute atomic E-state index is 0.0462. The summed E-state index contributed by atoms with van der Waals surface area (Å²) in [5, 5.41) is 4.35. The van der Waals surface area contributed by atoms with Crippen molar-refractivity contribution >= 4 is 22.8 Å². The van der Waals surface area contributed by atoms with Crippen LogP contribution < -0.4 is 10.5 Å². The second-order valence-electron chi connectivity index (χ2n) is 7.68. The second-order valence-corrected chi connectivity index (χ2v) is 7.68. The van der Waals surface area contributed by atoms with Gasteiger partial charge in [-0.1, -0.05) is 5.16 Å². The molecular weight excluding hydrogens is 372 g/mol. The van der Waals surface area contributed by atoms with Crippen molar-refractivity contribution in [2.24, 2.45) is 0 Å². The van der Waals surface area contributed by atoms with Gasteiger partial charge in [0, 0.05) is 45.0 Å². The van der Waals surface area contributed by atoms with E-state index in [-0.39, 0.29) is 17.4 Å². The van der Waals surface area contributed by atoms with Crippen LogP contribution in [0.15, 0.2) is 21.6 Å². The van der Waals surface area contributed by atoms with Crippen LogP contribution >= 0.6 is 0 Å². The molecule has 0 bridgehead atoms. The molecule has 3 aromatic rings. The molecule has 0 atom stereocenters. The van der Waals surface area contributed by atoms with Crippen LogP contribution in [0.4, 0.5) is 5.95 Å². The monoisotopic (exact) mass is 396 g/mol. The van der Waals surface area contributed by atoms with E-state index in [1.165, 1.54) is 0 Å². The average Bonchev–Trinajstić information content (AvgIpc) is 3.05. The lowest BCUT2D eigenvalue weighted by Gasteiger charge is -2.32. The van der Waals surface area contributed by atoms with Crippen molar-refractivity contribution in [1.82, 2.24) is 25.0 Å². The van der Waals surface area contributed by atoms with E-state index in [2.05, 4.69) is 20.1 Å². The number of hydrogen-bond donors (Lipinski definition) is 1. The number of amides is 1. The maximum Gasteiger partial charge on any atom is 0.259 e. The number of nitrogens with zero attached hydrogens (tertiary/aromatic N) is 5. The number of piperidine rings is 1. The Balaban J connectivity index is 1.54. The first-order valence-electron chi connectivity index (χ1n) is 9.64. The van der Waals surface area contributed by atoms with Gasteiger partial charge in [-0.2, -0.15) is 0 Å². The molecule has 0 aliphatic carbocycles. The third-order valence-corrected chi connectivity index (χ3v) is 5.47. The third-order valence-electron chi connectivity index (χ3n) is 5.47. The number of H-pyrrole nitrogens is 1. The van der Waals surface area contributed by atoms with Crippen molar-refractivity contribution < 1.29 is 9.32 Å². The zero-order valence-electron chi connectivity index (χ0n) is 17.0. The van der Waals surface area contributed by atoms with E-state index < -0.39 is 0 Å². The quantitative estimate of drug-likeness (QED) is 0.721. The Bertz CT molecular complexity index is 1110. The van der Waals surface area contributed by atoms with Gasteiger partial charge in [0.1, 0.15) is 11.3 Å². The predicted octanol–water partition coefficient (Wildman–Crippen LogP) is 2.01. The fourth-order valence-corrected chi connectivity index (χ4v) is 3.83. The Labute approximate surface area is 167 Å². The highest BCUT2D eigenvalue weighted by molar-refractivity contribution is 5.96. The number of aromatic amines is 1.